The molecule has 5 rings (SSSR count). The molecule has 360 valence electrons. The van der Waals surface area contributed by atoms with E-state index in [0.717, 1.165) is 75.0 Å². The molecule has 0 aromatic carbocycles. The highest BCUT2D eigenvalue weighted by Gasteiger charge is 2.59. The van der Waals surface area contributed by atoms with Gasteiger partial charge in [-0.2, -0.15) is 0 Å². The van der Waals surface area contributed by atoms with Gasteiger partial charge in [0.15, 0.2) is 0 Å². The number of unbranched alkanes of at least 4 members (excludes halogenated alkanes) is 15. The molecular formula is C58H105NO3. The third kappa shape index (κ3) is 16.6. The lowest BCUT2D eigenvalue weighted by atomic mass is 9.47. The summed E-state index contributed by atoms with van der Waals surface area (Å²) in [5.41, 5.74) is 2.79. The van der Waals surface area contributed by atoms with Gasteiger partial charge in [0.05, 0.1) is 25.4 Å². The van der Waals surface area contributed by atoms with E-state index in [1.165, 1.54) is 206 Å². The van der Waals surface area contributed by atoms with Gasteiger partial charge < -0.3 is 14.2 Å². The number of ether oxygens (including phenoxy) is 3. The first-order valence-electron chi connectivity index (χ1n) is 28.1. The highest BCUT2D eigenvalue weighted by Crippen LogP contribution is 2.67. The predicted octanol–water partition coefficient (Wildman–Crippen LogP) is 16.5. The van der Waals surface area contributed by atoms with Crippen LogP contribution in [0.25, 0.3) is 0 Å². The normalized spacial score (nSPS) is 29.9. The number of fused-ring (bicyclic) bond motifs is 5. The van der Waals surface area contributed by atoms with E-state index in [0.29, 0.717) is 23.0 Å². The molecule has 1 heterocycles. The van der Waals surface area contributed by atoms with Crippen LogP contribution in [0.1, 0.15) is 241 Å². The highest BCUT2D eigenvalue weighted by molar-refractivity contribution is 5.25. The fourth-order valence-electron chi connectivity index (χ4n) is 14.0. The number of hydrogen-bond acceptors (Lipinski definition) is 4. The fourth-order valence-corrected chi connectivity index (χ4v) is 14.0. The largest absolute Gasteiger partial charge is 0.380 e. The number of rotatable bonds is 34. The second kappa shape index (κ2) is 29.2. The van der Waals surface area contributed by atoms with Gasteiger partial charge in [-0.1, -0.05) is 155 Å². The molecule has 62 heavy (non-hydrogen) atoms. The zero-order valence-electron chi connectivity index (χ0n) is 42.4. The van der Waals surface area contributed by atoms with Crippen LogP contribution in [0.3, 0.4) is 0 Å². The van der Waals surface area contributed by atoms with Crippen LogP contribution in [0.2, 0.25) is 0 Å². The van der Waals surface area contributed by atoms with E-state index in [4.69, 9.17) is 14.2 Å². The first-order chi connectivity index (χ1) is 30.3. The molecule has 0 bridgehead atoms. The zero-order chi connectivity index (χ0) is 43.9. The van der Waals surface area contributed by atoms with Crippen molar-refractivity contribution in [2.45, 2.75) is 253 Å². The smallest absolute Gasteiger partial charge is 0.0644 e. The van der Waals surface area contributed by atoms with Crippen molar-refractivity contribution in [3.63, 3.8) is 0 Å². The van der Waals surface area contributed by atoms with Gasteiger partial charge in [0.2, 0.25) is 0 Å². The minimum atomic E-state index is 0.425. The number of hydrogen-bond donors (Lipinski definition) is 0. The average Bonchev–Trinajstić information content (AvgIpc) is 3.93. The molecule has 3 unspecified atom stereocenters. The van der Waals surface area contributed by atoms with E-state index in [1.807, 2.05) is 0 Å². The molecule has 4 heteroatoms. The topological polar surface area (TPSA) is 30.9 Å². The van der Waals surface area contributed by atoms with Crippen LogP contribution in [-0.2, 0) is 14.2 Å². The van der Waals surface area contributed by atoms with Crippen LogP contribution in [0.5, 0.6) is 0 Å². The lowest BCUT2D eigenvalue weighted by molar-refractivity contribution is -0.0641. The van der Waals surface area contributed by atoms with Gasteiger partial charge in [0.1, 0.15) is 0 Å². The fraction of sp³-hybridized carbons (Fsp3) is 0.931. The molecule has 1 saturated heterocycles. The van der Waals surface area contributed by atoms with Gasteiger partial charge >= 0.3 is 0 Å². The second-order valence-electron chi connectivity index (χ2n) is 22.9. The lowest BCUT2D eigenvalue weighted by Gasteiger charge is -2.58. The van der Waals surface area contributed by atoms with Gasteiger partial charge in [-0.15, -0.1) is 0 Å². The van der Waals surface area contributed by atoms with Gasteiger partial charge in [0.25, 0.3) is 0 Å². The standard InChI is InChI=1S/C58H105NO3/c1-7-8-9-10-11-12-13-14-15-16-17-18-19-20-21-26-42-60-46-51(59-40-24-25-41-59)47-61-43-27-22-23-28-44-62-52-36-38-57(5)50(45-52)32-33-53-55-35-34-54(49(4)31-29-30-48(2)3)58(55,6)39-37-56(53)57/h14-15,32,48-49,51-56H,7-13,16-31,33-47H2,1-6H3/b15-14-/t49?,51-,52+,53+,54-,55?,56?,57+,58-/m1/s1. The first kappa shape index (κ1) is 52.3. The Labute approximate surface area is 386 Å². The molecule has 0 aromatic heterocycles. The zero-order valence-corrected chi connectivity index (χ0v) is 42.4. The Morgan fingerprint density at radius 2 is 1.27 bits per heavy atom. The Bertz CT molecular complexity index is 1220. The molecule has 9 atom stereocenters. The average molecular weight is 864 g/mol. The van der Waals surface area contributed by atoms with Gasteiger partial charge in [-0.05, 0) is 169 Å². The van der Waals surface area contributed by atoms with E-state index in [2.05, 4.69) is 64.7 Å². The van der Waals surface area contributed by atoms with Gasteiger partial charge in [0, 0.05) is 19.8 Å². The van der Waals surface area contributed by atoms with Crippen molar-refractivity contribution in [1.82, 2.24) is 4.90 Å². The Hall–Kier alpha value is -0.680. The summed E-state index contributed by atoms with van der Waals surface area (Å²) in [5.74, 6) is 5.49. The quantitative estimate of drug-likeness (QED) is 0.0476. The van der Waals surface area contributed by atoms with Gasteiger partial charge in [-0.25, -0.2) is 0 Å². The molecule has 4 nitrogen and oxygen atoms in total. The maximum Gasteiger partial charge on any atom is 0.0644 e. The molecule has 4 fully saturated rings. The molecular weight excluding hydrogens is 759 g/mol. The second-order valence-corrected chi connectivity index (χ2v) is 22.9. The summed E-state index contributed by atoms with van der Waals surface area (Å²) in [6.45, 7) is 21.9. The van der Waals surface area contributed by atoms with Crippen molar-refractivity contribution < 1.29 is 14.2 Å². The maximum atomic E-state index is 6.62. The monoisotopic (exact) mass is 864 g/mol. The third-order valence-corrected chi connectivity index (χ3v) is 17.9. The van der Waals surface area contributed by atoms with Gasteiger partial charge in [-0.3, -0.25) is 4.90 Å². The van der Waals surface area contributed by atoms with Crippen LogP contribution >= 0.6 is 0 Å². The Morgan fingerprint density at radius 1 is 0.661 bits per heavy atom. The number of nitrogens with zero attached hydrogens (tertiary/aromatic N) is 1. The summed E-state index contributed by atoms with van der Waals surface area (Å²) in [7, 11) is 0. The predicted molar refractivity (Wildman–Crippen MR) is 267 cm³/mol. The lowest BCUT2D eigenvalue weighted by Crippen LogP contribution is -2.51. The van der Waals surface area contributed by atoms with E-state index < -0.39 is 0 Å². The van der Waals surface area contributed by atoms with E-state index >= 15 is 0 Å². The third-order valence-electron chi connectivity index (χ3n) is 17.9. The van der Waals surface area contributed by atoms with E-state index in [1.54, 1.807) is 5.57 Å². The van der Waals surface area contributed by atoms with Crippen LogP contribution in [0.15, 0.2) is 23.8 Å². The molecule has 0 aromatic rings. The van der Waals surface area contributed by atoms with Crippen LogP contribution < -0.4 is 0 Å². The van der Waals surface area contributed by atoms with Crippen molar-refractivity contribution >= 4 is 0 Å². The summed E-state index contributed by atoms with van der Waals surface area (Å²) in [6, 6.07) is 0.425. The van der Waals surface area contributed by atoms with Crippen LogP contribution in [-0.4, -0.2) is 63.2 Å². The summed E-state index contributed by atoms with van der Waals surface area (Å²) >= 11 is 0. The van der Waals surface area contributed by atoms with Crippen molar-refractivity contribution in [3.05, 3.63) is 23.8 Å². The Balaban J connectivity index is 0.863. The van der Waals surface area contributed by atoms with E-state index in [9.17, 15) is 0 Å². The number of likely N-dealkylation sites (tertiary alicyclic amines) is 1. The van der Waals surface area contributed by atoms with Crippen molar-refractivity contribution in [2.75, 3.05) is 46.1 Å². The molecule has 1 aliphatic heterocycles. The molecule has 0 radical (unpaired) electrons. The number of allylic oxidation sites excluding steroid dienone is 3. The van der Waals surface area contributed by atoms with Crippen molar-refractivity contribution in [2.24, 2.45) is 46.3 Å². The summed E-state index contributed by atoms with van der Waals surface area (Å²) in [6.07, 6.45) is 49.9. The SMILES string of the molecule is CCCCCCCC/C=C\CCCCCCCCOC[C@H](COCCCCCCO[C@H]1CC[C@@]2(C)C(=CC[C@@H]3C2CC[C@@]2(C)C3CC[C@@H]2C(C)CCCC(C)C)C1)N1CCCC1. The summed E-state index contributed by atoms with van der Waals surface area (Å²) in [5, 5.41) is 0. The highest BCUT2D eigenvalue weighted by atomic mass is 16.5. The summed E-state index contributed by atoms with van der Waals surface area (Å²) < 4.78 is 19.2. The molecule has 0 spiro atoms. The molecule has 0 amide bonds. The van der Waals surface area contributed by atoms with Crippen LogP contribution in [0.4, 0.5) is 0 Å². The van der Waals surface area contributed by atoms with Crippen LogP contribution in [0, 0.1) is 46.3 Å². The molecule has 4 aliphatic carbocycles. The summed E-state index contributed by atoms with van der Waals surface area (Å²) in [4.78, 5) is 2.63. The first-order valence-corrected chi connectivity index (χ1v) is 28.1. The maximum absolute atomic E-state index is 6.62. The minimum Gasteiger partial charge on any atom is -0.380 e. The minimum absolute atomic E-state index is 0.425. The van der Waals surface area contributed by atoms with Crippen molar-refractivity contribution in [3.8, 4) is 0 Å². The van der Waals surface area contributed by atoms with E-state index in [-0.39, 0.29) is 0 Å². The Kier molecular flexibility index (Phi) is 24.6. The van der Waals surface area contributed by atoms with Crippen molar-refractivity contribution in [1.29, 1.82) is 0 Å². The molecule has 0 N–H and O–H groups in total. The molecule has 3 saturated carbocycles. The Morgan fingerprint density at radius 3 is 1.92 bits per heavy atom. The molecule has 5 aliphatic rings.